The fourth-order valence-electron chi connectivity index (χ4n) is 3.08. The van der Waals surface area contributed by atoms with Gasteiger partial charge in [-0.05, 0) is 56.7 Å². The van der Waals surface area contributed by atoms with Crippen molar-refractivity contribution in [2.75, 3.05) is 12.3 Å². The maximum absolute atomic E-state index is 9.47. The van der Waals surface area contributed by atoms with Gasteiger partial charge in [-0.25, -0.2) is 0 Å². The van der Waals surface area contributed by atoms with Crippen LogP contribution in [0, 0.1) is 17.2 Å². The highest BCUT2D eigenvalue weighted by atomic mass is 32.2. The van der Waals surface area contributed by atoms with Crippen LogP contribution >= 0.6 is 11.8 Å². The summed E-state index contributed by atoms with van der Waals surface area (Å²) in [7, 11) is 0. The highest BCUT2D eigenvalue weighted by Crippen LogP contribution is 2.32. The van der Waals surface area contributed by atoms with Crippen molar-refractivity contribution < 1.29 is 0 Å². The summed E-state index contributed by atoms with van der Waals surface area (Å²) >= 11 is 2.15. The van der Waals surface area contributed by atoms with E-state index in [-0.39, 0.29) is 5.54 Å². The SMILES string of the molecule is CCCNC(C#N)(CC)CCCSC1CCCC(C)C1. The Kier molecular flexibility index (Phi) is 8.64. The molecule has 3 heteroatoms. The molecule has 116 valence electrons. The number of nitrogens with zero attached hydrogens (tertiary/aromatic N) is 1. The van der Waals surface area contributed by atoms with Gasteiger partial charge in [0.1, 0.15) is 5.54 Å². The second-order valence-corrected chi connectivity index (χ2v) is 7.75. The molecule has 2 nitrogen and oxygen atoms in total. The summed E-state index contributed by atoms with van der Waals surface area (Å²) in [6, 6.07) is 2.53. The lowest BCUT2D eigenvalue weighted by Crippen LogP contribution is -2.43. The van der Waals surface area contributed by atoms with E-state index in [0.29, 0.717) is 0 Å². The molecule has 3 atom stereocenters. The lowest BCUT2D eigenvalue weighted by atomic mass is 9.90. The Morgan fingerprint density at radius 2 is 2.15 bits per heavy atom. The lowest BCUT2D eigenvalue weighted by Gasteiger charge is -2.28. The zero-order valence-corrected chi connectivity index (χ0v) is 14.4. The molecule has 0 heterocycles. The molecule has 3 unspecified atom stereocenters. The van der Waals surface area contributed by atoms with Gasteiger partial charge in [0.25, 0.3) is 0 Å². The van der Waals surface area contributed by atoms with E-state index < -0.39 is 0 Å². The van der Waals surface area contributed by atoms with Crippen LogP contribution in [0.3, 0.4) is 0 Å². The molecule has 0 amide bonds. The highest BCUT2D eigenvalue weighted by Gasteiger charge is 2.26. The molecule has 0 saturated heterocycles. The largest absolute Gasteiger partial charge is 0.299 e. The smallest absolute Gasteiger partial charge is 0.106 e. The van der Waals surface area contributed by atoms with Crippen molar-refractivity contribution in [2.24, 2.45) is 5.92 Å². The Balaban J connectivity index is 2.25. The Hall–Kier alpha value is -0.200. The summed E-state index contributed by atoms with van der Waals surface area (Å²) in [5.41, 5.74) is -0.281. The number of hydrogen-bond donors (Lipinski definition) is 1. The molecule has 0 aromatic rings. The van der Waals surface area contributed by atoms with Gasteiger partial charge in [-0.2, -0.15) is 17.0 Å². The Labute approximate surface area is 130 Å². The number of thioether (sulfide) groups is 1. The Bertz CT molecular complexity index is 300. The molecule has 1 aliphatic rings. The number of rotatable bonds is 9. The summed E-state index contributed by atoms with van der Waals surface area (Å²) < 4.78 is 0. The van der Waals surface area contributed by atoms with Crippen LogP contribution in [0.1, 0.15) is 72.1 Å². The summed E-state index contributed by atoms with van der Waals surface area (Å²) in [5, 5.41) is 13.8. The standard InChI is InChI=1S/C17H32N2S/c1-4-11-19-17(5-2,14-18)10-7-12-20-16-9-6-8-15(3)13-16/h15-16,19H,4-13H2,1-3H3. The van der Waals surface area contributed by atoms with Crippen LogP contribution in [0.15, 0.2) is 0 Å². The van der Waals surface area contributed by atoms with E-state index in [9.17, 15) is 5.26 Å². The minimum atomic E-state index is -0.281. The normalized spacial score (nSPS) is 25.9. The van der Waals surface area contributed by atoms with E-state index in [4.69, 9.17) is 0 Å². The summed E-state index contributed by atoms with van der Waals surface area (Å²) in [6.45, 7) is 7.63. The molecule has 0 spiro atoms. The molecule has 0 bridgehead atoms. The van der Waals surface area contributed by atoms with Crippen LogP contribution in [-0.2, 0) is 0 Å². The topological polar surface area (TPSA) is 35.8 Å². The number of hydrogen-bond acceptors (Lipinski definition) is 3. The van der Waals surface area contributed by atoms with Gasteiger partial charge in [-0.1, -0.05) is 33.6 Å². The first-order chi connectivity index (χ1) is 9.65. The van der Waals surface area contributed by atoms with Gasteiger partial charge >= 0.3 is 0 Å². The fourth-order valence-corrected chi connectivity index (χ4v) is 4.53. The predicted octanol–water partition coefficient (Wildman–Crippen LogP) is 4.75. The first kappa shape index (κ1) is 17.9. The lowest BCUT2D eigenvalue weighted by molar-refractivity contribution is 0.370. The molecule has 1 N–H and O–H groups in total. The van der Waals surface area contributed by atoms with Gasteiger partial charge in [0.2, 0.25) is 0 Å². The van der Waals surface area contributed by atoms with E-state index in [0.717, 1.165) is 43.4 Å². The second kappa shape index (κ2) is 9.68. The average molecular weight is 297 g/mol. The molecule has 0 aliphatic heterocycles. The van der Waals surface area contributed by atoms with Crippen molar-refractivity contribution in [1.82, 2.24) is 5.32 Å². The highest BCUT2D eigenvalue weighted by molar-refractivity contribution is 7.99. The molecule has 0 aromatic carbocycles. The average Bonchev–Trinajstić information content (AvgIpc) is 2.47. The molecule has 0 aromatic heterocycles. The van der Waals surface area contributed by atoms with Crippen LogP contribution in [-0.4, -0.2) is 23.1 Å². The van der Waals surface area contributed by atoms with E-state index in [1.54, 1.807) is 0 Å². The summed E-state index contributed by atoms with van der Waals surface area (Å²) in [5.74, 6) is 2.13. The third-order valence-electron chi connectivity index (χ3n) is 4.52. The minimum absolute atomic E-state index is 0.281. The molecule has 1 aliphatic carbocycles. The maximum Gasteiger partial charge on any atom is 0.106 e. The maximum atomic E-state index is 9.47. The third kappa shape index (κ3) is 6.06. The van der Waals surface area contributed by atoms with Gasteiger partial charge in [0, 0.05) is 5.25 Å². The van der Waals surface area contributed by atoms with Crippen LogP contribution in [0.25, 0.3) is 0 Å². The van der Waals surface area contributed by atoms with Crippen LogP contribution in [0.5, 0.6) is 0 Å². The van der Waals surface area contributed by atoms with E-state index in [2.05, 4.69) is 43.9 Å². The van der Waals surface area contributed by atoms with Crippen molar-refractivity contribution in [2.45, 2.75) is 82.9 Å². The minimum Gasteiger partial charge on any atom is -0.299 e. The Morgan fingerprint density at radius 1 is 1.35 bits per heavy atom. The Morgan fingerprint density at radius 3 is 2.75 bits per heavy atom. The monoisotopic (exact) mass is 296 g/mol. The van der Waals surface area contributed by atoms with Crippen molar-refractivity contribution in [3.63, 3.8) is 0 Å². The quantitative estimate of drug-likeness (QED) is 0.624. The molecule has 0 radical (unpaired) electrons. The second-order valence-electron chi connectivity index (χ2n) is 6.34. The zero-order chi connectivity index (χ0) is 14.8. The molecule has 1 fully saturated rings. The van der Waals surface area contributed by atoms with Crippen molar-refractivity contribution >= 4 is 11.8 Å². The third-order valence-corrected chi connectivity index (χ3v) is 5.94. The van der Waals surface area contributed by atoms with E-state index in [1.807, 2.05) is 0 Å². The first-order valence-electron chi connectivity index (χ1n) is 8.43. The van der Waals surface area contributed by atoms with E-state index >= 15 is 0 Å². The van der Waals surface area contributed by atoms with Gasteiger partial charge in [0.05, 0.1) is 6.07 Å². The van der Waals surface area contributed by atoms with Crippen molar-refractivity contribution in [3.05, 3.63) is 0 Å². The number of nitrogens with one attached hydrogen (secondary N) is 1. The van der Waals surface area contributed by atoms with Crippen molar-refractivity contribution in [1.29, 1.82) is 5.26 Å². The van der Waals surface area contributed by atoms with Gasteiger partial charge < -0.3 is 0 Å². The van der Waals surface area contributed by atoms with E-state index in [1.165, 1.54) is 31.4 Å². The first-order valence-corrected chi connectivity index (χ1v) is 9.48. The van der Waals surface area contributed by atoms with Gasteiger partial charge in [-0.3, -0.25) is 5.32 Å². The van der Waals surface area contributed by atoms with Gasteiger partial charge in [0.15, 0.2) is 0 Å². The molecule has 1 rings (SSSR count). The molecule has 1 saturated carbocycles. The van der Waals surface area contributed by atoms with Crippen LogP contribution in [0.2, 0.25) is 0 Å². The van der Waals surface area contributed by atoms with Gasteiger partial charge in [-0.15, -0.1) is 0 Å². The molecule has 20 heavy (non-hydrogen) atoms. The summed E-state index contributed by atoms with van der Waals surface area (Å²) in [6.07, 6.45) is 9.80. The van der Waals surface area contributed by atoms with Crippen LogP contribution in [0.4, 0.5) is 0 Å². The molecular weight excluding hydrogens is 264 g/mol. The number of nitriles is 1. The fraction of sp³-hybridized carbons (Fsp3) is 0.941. The zero-order valence-electron chi connectivity index (χ0n) is 13.6. The predicted molar refractivity (Wildman–Crippen MR) is 90.0 cm³/mol. The van der Waals surface area contributed by atoms with Crippen molar-refractivity contribution in [3.8, 4) is 6.07 Å². The molecular formula is C17H32N2S. The summed E-state index contributed by atoms with van der Waals surface area (Å²) in [4.78, 5) is 0. The van der Waals surface area contributed by atoms with Crippen LogP contribution < -0.4 is 5.32 Å².